The third-order valence-corrected chi connectivity index (χ3v) is 5.27. The Morgan fingerprint density at radius 3 is 2.58 bits per heavy atom. The van der Waals surface area contributed by atoms with E-state index in [1.54, 1.807) is 6.20 Å². The number of halogens is 1. The molecule has 0 N–H and O–H groups in total. The maximum Gasteiger partial charge on any atom is 0.0785 e. The molecule has 1 fully saturated rings. The molecule has 4 nitrogen and oxygen atoms in total. The van der Waals surface area contributed by atoms with Crippen molar-refractivity contribution in [2.75, 3.05) is 18.0 Å². The number of aryl methyl sites for hydroxylation is 1. The summed E-state index contributed by atoms with van der Waals surface area (Å²) in [7, 11) is 0. The summed E-state index contributed by atoms with van der Waals surface area (Å²) in [6.45, 7) is 6.33. The van der Waals surface area contributed by atoms with Gasteiger partial charge in [-0.3, -0.25) is 9.67 Å². The number of nitrogens with zero attached hydrogens (tertiary/aromatic N) is 4. The molecule has 24 heavy (non-hydrogen) atoms. The number of para-hydroxylation sites is 1. The second-order valence-electron chi connectivity index (χ2n) is 6.54. The highest BCUT2D eigenvalue weighted by Crippen LogP contribution is 2.34. The zero-order chi connectivity index (χ0) is 16.7. The van der Waals surface area contributed by atoms with E-state index in [4.69, 9.17) is 16.6 Å². The van der Waals surface area contributed by atoms with Crippen molar-refractivity contribution in [3.63, 3.8) is 0 Å². The number of anilines is 1. The second-order valence-corrected chi connectivity index (χ2v) is 6.98. The van der Waals surface area contributed by atoms with Gasteiger partial charge in [-0.25, -0.2) is 0 Å². The Balaban J connectivity index is 1.64. The first-order valence-corrected chi connectivity index (χ1v) is 8.82. The van der Waals surface area contributed by atoms with Gasteiger partial charge in [-0.1, -0.05) is 29.8 Å². The maximum atomic E-state index is 6.01. The summed E-state index contributed by atoms with van der Waals surface area (Å²) in [4.78, 5) is 7.25. The van der Waals surface area contributed by atoms with Crippen molar-refractivity contribution >= 4 is 28.2 Å². The highest BCUT2D eigenvalue weighted by Gasteiger charge is 2.24. The first-order valence-electron chi connectivity index (χ1n) is 8.44. The van der Waals surface area contributed by atoms with Crippen LogP contribution in [0.2, 0.25) is 5.02 Å². The van der Waals surface area contributed by atoms with E-state index in [9.17, 15) is 0 Å². The van der Waals surface area contributed by atoms with Crippen molar-refractivity contribution < 1.29 is 0 Å². The first-order chi connectivity index (χ1) is 11.6. The lowest BCUT2D eigenvalue weighted by molar-refractivity contribution is 0.367. The van der Waals surface area contributed by atoms with E-state index in [0.29, 0.717) is 11.1 Å². The monoisotopic (exact) mass is 340 g/mol. The van der Waals surface area contributed by atoms with Crippen LogP contribution in [-0.2, 0) is 0 Å². The predicted molar refractivity (Wildman–Crippen MR) is 98.9 cm³/mol. The van der Waals surface area contributed by atoms with Gasteiger partial charge in [-0.15, -0.1) is 0 Å². The summed E-state index contributed by atoms with van der Waals surface area (Å²) in [6, 6.07) is 8.87. The molecule has 0 aliphatic carbocycles. The predicted octanol–water partition coefficient (Wildman–Crippen LogP) is 4.54. The summed E-state index contributed by atoms with van der Waals surface area (Å²) >= 11 is 6.01. The molecular formula is C19H21ClN4. The number of benzene rings is 1. The molecule has 0 atom stereocenters. The van der Waals surface area contributed by atoms with Crippen molar-refractivity contribution in [1.82, 2.24) is 14.8 Å². The molecule has 0 spiro atoms. The van der Waals surface area contributed by atoms with Gasteiger partial charge >= 0.3 is 0 Å². The lowest BCUT2D eigenvalue weighted by Gasteiger charge is -2.35. The molecule has 124 valence electrons. The summed E-state index contributed by atoms with van der Waals surface area (Å²) in [5, 5.41) is 6.34. The number of hydrogen-bond acceptors (Lipinski definition) is 3. The molecule has 0 amide bonds. The molecule has 3 heterocycles. The minimum Gasteiger partial charge on any atom is -0.371 e. The Labute approximate surface area is 147 Å². The van der Waals surface area contributed by atoms with Crippen molar-refractivity contribution in [3.8, 4) is 0 Å². The molecule has 0 bridgehead atoms. The Morgan fingerprint density at radius 1 is 1.12 bits per heavy atom. The average molecular weight is 341 g/mol. The molecule has 2 aromatic heterocycles. The molecule has 1 aliphatic rings. The number of pyridine rings is 1. The standard InChI is InChI=1S/C19H21ClN4/c1-13-14(2)22-18-6-4-3-5-17(18)19(13)23-9-7-16(8-10-23)24-12-15(20)11-21-24/h3-6,11-12,16H,7-10H2,1-2H3. The maximum absolute atomic E-state index is 6.01. The largest absolute Gasteiger partial charge is 0.371 e. The summed E-state index contributed by atoms with van der Waals surface area (Å²) in [6.07, 6.45) is 5.80. The summed E-state index contributed by atoms with van der Waals surface area (Å²) < 4.78 is 2.02. The number of piperidine rings is 1. The quantitative estimate of drug-likeness (QED) is 0.686. The fourth-order valence-electron chi connectivity index (χ4n) is 3.69. The van der Waals surface area contributed by atoms with Crippen molar-refractivity contribution in [2.24, 2.45) is 0 Å². The third-order valence-electron chi connectivity index (χ3n) is 5.07. The van der Waals surface area contributed by atoms with E-state index in [1.807, 2.05) is 10.9 Å². The SMILES string of the molecule is Cc1nc2ccccc2c(N2CCC(n3cc(Cl)cn3)CC2)c1C. The summed E-state index contributed by atoms with van der Waals surface area (Å²) in [5.74, 6) is 0. The van der Waals surface area contributed by atoms with Crippen molar-refractivity contribution in [2.45, 2.75) is 32.7 Å². The Bertz CT molecular complexity index is 878. The van der Waals surface area contributed by atoms with Crippen LogP contribution < -0.4 is 4.90 Å². The molecule has 5 heteroatoms. The van der Waals surface area contributed by atoms with Gasteiger partial charge in [0.05, 0.1) is 28.5 Å². The van der Waals surface area contributed by atoms with Gasteiger partial charge in [0.25, 0.3) is 0 Å². The van der Waals surface area contributed by atoms with Crippen LogP contribution in [0, 0.1) is 13.8 Å². The van der Waals surface area contributed by atoms with Gasteiger partial charge in [-0.05, 0) is 38.3 Å². The van der Waals surface area contributed by atoms with Gasteiger partial charge in [0.15, 0.2) is 0 Å². The molecule has 3 aromatic rings. The van der Waals surface area contributed by atoms with Gasteiger partial charge in [0, 0.05) is 30.4 Å². The lowest BCUT2D eigenvalue weighted by atomic mass is 10.0. The van der Waals surface area contributed by atoms with Gasteiger partial charge < -0.3 is 4.90 Å². The van der Waals surface area contributed by atoms with Crippen molar-refractivity contribution in [3.05, 3.63) is 52.9 Å². The second kappa shape index (κ2) is 6.10. The van der Waals surface area contributed by atoms with Crippen LogP contribution in [0.1, 0.15) is 30.1 Å². The van der Waals surface area contributed by atoms with Gasteiger partial charge in [-0.2, -0.15) is 5.10 Å². The number of aromatic nitrogens is 3. The topological polar surface area (TPSA) is 34.0 Å². The molecule has 0 unspecified atom stereocenters. The summed E-state index contributed by atoms with van der Waals surface area (Å²) in [5.41, 5.74) is 4.82. The van der Waals surface area contributed by atoms with E-state index in [2.05, 4.69) is 48.1 Å². The van der Waals surface area contributed by atoms with E-state index < -0.39 is 0 Å². The Morgan fingerprint density at radius 2 is 1.88 bits per heavy atom. The van der Waals surface area contributed by atoms with E-state index in [0.717, 1.165) is 37.1 Å². The third kappa shape index (κ3) is 2.65. The highest BCUT2D eigenvalue weighted by molar-refractivity contribution is 6.30. The van der Waals surface area contributed by atoms with Crippen LogP contribution >= 0.6 is 11.6 Å². The molecule has 1 aliphatic heterocycles. The van der Waals surface area contributed by atoms with E-state index >= 15 is 0 Å². The van der Waals surface area contributed by atoms with Crippen LogP contribution in [-0.4, -0.2) is 27.9 Å². The molecule has 0 radical (unpaired) electrons. The molecule has 1 aromatic carbocycles. The minimum absolute atomic E-state index is 0.434. The fourth-order valence-corrected chi connectivity index (χ4v) is 3.83. The van der Waals surface area contributed by atoms with Crippen LogP contribution in [0.4, 0.5) is 5.69 Å². The Hall–Kier alpha value is -2.07. The van der Waals surface area contributed by atoms with E-state index in [1.165, 1.54) is 16.6 Å². The van der Waals surface area contributed by atoms with Crippen LogP contribution in [0.5, 0.6) is 0 Å². The smallest absolute Gasteiger partial charge is 0.0785 e. The highest BCUT2D eigenvalue weighted by atomic mass is 35.5. The molecule has 4 rings (SSSR count). The number of hydrogen-bond donors (Lipinski definition) is 0. The zero-order valence-electron chi connectivity index (χ0n) is 14.0. The van der Waals surface area contributed by atoms with Gasteiger partial charge in [0.2, 0.25) is 0 Å². The van der Waals surface area contributed by atoms with Gasteiger partial charge in [0.1, 0.15) is 0 Å². The molecule has 0 saturated carbocycles. The van der Waals surface area contributed by atoms with Crippen LogP contribution in [0.3, 0.4) is 0 Å². The number of rotatable bonds is 2. The van der Waals surface area contributed by atoms with Crippen LogP contribution in [0.25, 0.3) is 10.9 Å². The van der Waals surface area contributed by atoms with Crippen LogP contribution in [0.15, 0.2) is 36.7 Å². The average Bonchev–Trinajstić information content (AvgIpc) is 3.03. The lowest BCUT2D eigenvalue weighted by Crippen LogP contribution is -2.35. The molecule has 1 saturated heterocycles. The molecular weight excluding hydrogens is 320 g/mol. The van der Waals surface area contributed by atoms with Crippen molar-refractivity contribution in [1.29, 1.82) is 0 Å². The normalized spacial score (nSPS) is 16.0. The number of fused-ring (bicyclic) bond motifs is 1. The first kappa shape index (κ1) is 15.5. The zero-order valence-corrected chi connectivity index (χ0v) is 14.8. The fraction of sp³-hybridized carbons (Fsp3) is 0.368. The Kier molecular flexibility index (Phi) is 3.93. The minimum atomic E-state index is 0.434. The van der Waals surface area contributed by atoms with E-state index in [-0.39, 0.29) is 0 Å².